The van der Waals surface area contributed by atoms with Crippen LogP contribution in [0.5, 0.6) is 0 Å². The molecule has 2 aliphatic heterocycles. The molecule has 3 atom stereocenters. The van der Waals surface area contributed by atoms with Crippen molar-refractivity contribution < 1.29 is 32.5 Å². The van der Waals surface area contributed by atoms with Crippen molar-refractivity contribution in [1.29, 1.82) is 0 Å². The van der Waals surface area contributed by atoms with Crippen LogP contribution in [0.3, 0.4) is 0 Å². The molecule has 2 aliphatic rings. The lowest BCUT2D eigenvalue weighted by molar-refractivity contribution is -0.135. The topological polar surface area (TPSA) is 83.6 Å². The van der Waals surface area contributed by atoms with Crippen LogP contribution >= 0.6 is 11.3 Å². The van der Waals surface area contributed by atoms with Crippen LogP contribution in [-0.4, -0.2) is 49.1 Å². The number of piperidine rings is 1. The predicted octanol–water partition coefficient (Wildman–Crippen LogP) is 4.18. The molecular formula is C25H28F4N4O3S. The van der Waals surface area contributed by atoms with Gasteiger partial charge in [0.15, 0.2) is 0 Å². The Kier molecular flexibility index (Phi) is 7.14. The van der Waals surface area contributed by atoms with Crippen LogP contribution in [0.25, 0.3) is 0 Å². The Balaban J connectivity index is 1.27. The number of fused-ring (bicyclic) bond motifs is 2. The van der Waals surface area contributed by atoms with Crippen LogP contribution in [-0.2, 0) is 42.6 Å². The first-order valence-corrected chi connectivity index (χ1v) is 12.9. The summed E-state index contributed by atoms with van der Waals surface area (Å²) in [4.78, 5) is 6.04. The number of aromatic nitrogens is 3. The number of aliphatic hydroxyl groups excluding tert-OH is 2. The van der Waals surface area contributed by atoms with Gasteiger partial charge in [0, 0.05) is 41.3 Å². The van der Waals surface area contributed by atoms with E-state index in [2.05, 4.69) is 15.0 Å². The average molecular weight is 541 g/mol. The van der Waals surface area contributed by atoms with E-state index in [-0.39, 0.29) is 18.2 Å². The molecule has 7 nitrogen and oxygen atoms in total. The van der Waals surface area contributed by atoms with Crippen LogP contribution in [0.4, 0.5) is 17.6 Å². The van der Waals surface area contributed by atoms with Gasteiger partial charge in [0.1, 0.15) is 22.4 Å². The monoisotopic (exact) mass is 540 g/mol. The van der Waals surface area contributed by atoms with E-state index in [1.165, 1.54) is 12.1 Å². The molecule has 0 saturated carbocycles. The quantitative estimate of drug-likeness (QED) is 0.457. The molecule has 2 N–H and O–H groups in total. The van der Waals surface area contributed by atoms with Gasteiger partial charge in [-0.2, -0.15) is 18.3 Å². The van der Waals surface area contributed by atoms with Crippen molar-refractivity contribution in [3.63, 3.8) is 0 Å². The third-order valence-corrected chi connectivity index (χ3v) is 8.76. The number of halogens is 4. The van der Waals surface area contributed by atoms with Crippen LogP contribution in [0.1, 0.15) is 58.0 Å². The first kappa shape index (κ1) is 26.2. The van der Waals surface area contributed by atoms with Crippen molar-refractivity contribution in [3.8, 4) is 0 Å². The number of alkyl halides is 3. The molecule has 3 aromatic heterocycles. The van der Waals surface area contributed by atoms with E-state index in [0.717, 1.165) is 23.1 Å². The van der Waals surface area contributed by atoms with Gasteiger partial charge in [0.25, 0.3) is 0 Å². The maximum atomic E-state index is 13.7. The molecule has 12 heteroatoms. The van der Waals surface area contributed by atoms with Gasteiger partial charge in [-0.1, -0.05) is 0 Å². The fraction of sp³-hybridized carbons (Fsp3) is 0.520. The first-order valence-electron chi connectivity index (χ1n) is 12.1. The number of hydrogen-bond donors (Lipinski definition) is 2. The van der Waals surface area contributed by atoms with Gasteiger partial charge in [-0.15, -0.1) is 11.3 Å². The number of hydrogen-bond acceptors (Lipinski definition) is 7. The summed E-state index contributed by atoms with van der Waals surface area (Å²) < 4.78 is 61.9. The number of pyridine rings is 1. The van der Waals surface area contributed by atoms with Crippen LogP contribution in [0.15, 0.2) is 30.7 Å². The third kappa shape index (κ3) is 5.17. The molecule has 37 heavy (non-hydrogen) atoms. The second-order valence-corrected chi connectivity index (χ2v) is 10.7. The zero-order valence-electron chi connectivity index (χ0n) is 20.2. The van der Waals surface area contributed by atoms with Crippen LogP contribution in [0, 0.1) is 5.82 Å². The Labute approximate surface area is 215 Å². The minimum absolute atomic E-state index is 0.00398. The van der Waals surface area contributed by atoms with E-state index in [4.69, 9.17) is 4.74 Å². The molecule has 0 aliphatic carbocycles. The number of aliphatic hydroxyl groups is 2. The smallest absolute Gasteiger partial charge is 0.392 e. The molecule has 3 aromatic rings. The van der Waals surface area contributed by atoms with Gasteiger partial charge in [-0.3, -0.25) is 14.6 Å². The normalized spacial score (nSPS) is 23.4. The zero-order valence-corrected chi connectivity index (χ0v) is 21.0. The minimum Gasteiger partial charge on any atom is -0.392 e. The van der Waals surface area contributed by atoms with Gasteiger partial charge in [-0.05, 0) is 43.9 Å². The summed E-state index contributed by atoms with van der Waals surface area (Å²) in [5.74, 6) is -0.474. The lowest BCUT2D eigenvalue weighted by Gasteiger charge is -2.47. The number of ether oxygens (including phenoxy) is 1. The van der Waals surface area contributed by atoms with E-state index in [1.54, 1.807) is 10.9 Å². The van der Waals surface area contributed by atoms with Crippen molar-refractivity contribution in [3.05, 3.63) is 68.7 Å². The largest absolute Gasteiger partial charge is 0.425 e. The minimum atomic E-state index is -4.51. The van der Waals surface area contributed by atoms with Crippen molar-refractivity contribution >= 4 is 11.3 Å². The van der Waals surface area contributed by atoms with Gasteiger partial charge >= 0.3 is 6.18 Å². The maximum Gasteiger partial charge on any atom is 0.425 e. The fourth-order valence-corrected chi connectivity index (χ4v) is 6.85. The first-order chi connectivity index (χ1) is 17.6. The highest BCUT2D eigenvalue weighted by atomic mass is 32.1. The Morgan fingerprint density at radius 2 is 2.11 bits per heavy atom. The molecular weight excluding hydrogens is 512 g/mol. The number of nitrogens with zero attached hydrogens (tertiary/aromatic N) is 4. The molecule has 5 rings (SSSR count). The molecule has 0 radical (unpaired) electrons. The standard InChI is InChI=1S/C25H28F4N4O3S/c1-15-8-24(22-18(4-7-36-24)19(14-34)23(37-22)25(27,28)29)5-6-32(15)11-16-9-31-33(12-16)13-21(35)20-3-2-17(26)10-30-20/h2-3,9-10,12,15,21,34-35H,4-8,11,13-14H2,1H3/t15-,21?,24+/m0/s1. The summed E-state index contributed by atoms with van der Waals surface area (Å²) in [5.41, 5.74) is 1.10. The summed E-state index contributed by atoms with van der Waals surface area (Å²) in [6.07, 6.45) is 0.643. The molecule has 0 amide bonds. The number of likely N-dealkylation sites (tertiary alicyclic amines) is 1. The Morgan fingerprint density at radius 1 is 1.30 bits per heavy atom. The van der Waals surface area contributed by atoms with E-state index in [0.29, 0.717) is 55.1 Å². The van der Waals surface area contributed by atoms with E-state index in [1.807, 2.05) is 13.1 Å². The lowest BCUT2D eigenvalue weighted by Crippen LogP contribution is -2.50. The number of thiophene rings is 1. The second-order valence-electron chi connectivity index (χ2n) is 9.73. The number of rotatable bonds is 6. The average Bonchev–Trinajstić information content (AvgIpc) is 3.46. The van der Waals surface area contributed by atoms with E-state index >= 15 is 0 Å². The second kappa shape index (κ2) is 10.1. The molecule has 1 saturated heterocycles. The molecule has 1 unspecified atom stereocenters. The van der Waals surface area contributed by atoms with Gasteiger partial charge in [0.2, 0.25) is 0 Å². The Morgan fingerprint density at radius 3 is 2.78 bits per heavy atom. The summed E-state index contributed by atoms with van der Waals surface area (Å²) in [6, 6.07) is 2.71. The highest BCUT2D eigenvalue weighted by molar-refractivity contribution is 7.12. The van der Waals surface area contributed by atoms with Gasteiger partial charge in [0.05, 0.1) is 37.8 Å². The molecule has 1 fully saturated rings. The van der Waals surface area contributed by atoms with E-state index < -0.39 is 35.2 Å². The highest BCUT2D eigenvalue weighted by Gasteiger charge is 2.48. The predicted molar refractivity (Wildman–Crippen MR) is 127 cm³/mol. The third-order valence-electron chi connectivity index (χ3n) is 7.25. The highest BCUT2D eigenvalue weighted by Crippen LogP contribution is 2.51. The van der Waals surface area contributed by atoms with Crippen molar-refractivity contribution in [1.82, 2.24) is 19.7 Å². The molecule has 1 spiro atoms. The van der Waals surface area contributed by atoms with Crippen molar-refractivity contribution in [2.75, 3.05) is 13.2 Å². The van der Waals surface area contributed by atoms with Crippen molar-refractivity contribution in [2.24, 2.45) is 0 Å². The summed E-state index contributed by atoms with van der Waals surface area (Å²) >= 11 is 0.723. The lowest BCUT2D eigenvalue weighted by atomic mass is 9.81. The van der Waals surface area contributed by atoms with Crippen LogP contribution < -0.4 is 0 Å². The zero-order chi connectivity index (χ0) is 26.4. The Bertz CT molecular complexity index is 1250. The molecule has 0 bridgehead atoms. The Hall–Kier alpha value is -2.38. The van der Waals surface area contributed by atoms with E-state index in [9.17, 15) is 27.8 Å². The van der Waals surface area contributed by atoms with Crippen LogP contribution in [0.2, 0.25) is 0 Å². The summed E-state index contributed by atoms with van der Waals surface area (Å²) in [5, 5.41) is 24.4. The van der Waals surface area contributed by atoms with Gasteiger partial charge < -0.3 is 14.9 Å². The van der Waals surface area contributed by atoms with Gasteiger partial charge in [-0.25, -0.2) is 4.39 Å². The van der Waals surface area contributed by atoms with Crippen molar-refractivity contribution in [2.45, 2.75) is 69.8 Å². The summed E-state index contributed by atoms with van der Waals surface area (Å²) in [6.45, 7) is 3.13. The SMILES string of the molecule is C[C@H]1C[C@@]2(CCN1Cc1cnn(CC(O)c3ccc(F)cn3)c1)OCCc1c2sc(C(F)(F)F)c1CO. The molecule has 5 heterocycles. The summed E-state index contributed by atoms with van der Waals surface area (Å²) in [7, 11) is 0. The fourth-order valence-electron chi connectivity index (χ4n) is 5.44. The molecule has 0 aromatic carbocycles. The molecule has 200 valence electrons. The maximum absolute atomic E-state index is 13.7.